The highest BCUT2D eigenvalue weighted by atomic mass is 32.2. The Kier molecular flexibility index (Phi) is 7.20. The number of fused-ring (bicyclic) bond motifs is 1. The maximum atomic E-state index is 13.1. The van der Waals surface area contributed by atoms with E-state index in [2.05, 4.69) is 5.32 Å². The lowest BCUT2D eigenvalue weighted by Gasteiger charge is -2.34. The molecule has 1 fully saturated rings. The summed E-state index contributed by atoms with van der Waals surface area (Å²) in [6.07, 6.45) is -1.55. The van der Waals surface area contributed by atoms with Crippen LogP contribution in [0.5, 0.6) is 0 Å². The number of nitrogens with one attached hydrogen (secondary N) is 1. The number of rotatable bonds is 6. The molecule has 3 aromatic carbocycles. The van der Waals surface area contributed by atoms with Crippen molar-refractivity contribution in [1.29, 1.82) is 0 Å². The number of nitrogens with zero attached hydrogens (tertiary/aromatic N) is 1. The molecule has 0 radical (unpaired) electrons. The number of morpholine rings is 1. The normalized spacial score (nSPS) is 19.7. The average Bonchev–Trinajstić information content (AvgIpc) is 2.83. The number of hydrogen-bond donors (Lipinski definition) is 1. The van der Waals surface area contributed by atoms with Crippen LogP contribution < -0.4 is 5.32 Å². The van der Waals surface area contributed by atoms with Crippen LogP contribution in [0.25, 0.3) is 10.8 Å². The molecule has 1 N–H and O–H groups in total. The summed E-state index contributed by atoms with van der Waals surface area (Å²) in [5.74, 6) is -1.28. The van der Waals surface area contributed by atoms with E-state index in [0.717, 1.165) is 10.8 Å². The monoisotopic (exact) mass is 496 g/mol. The van der Waals surface area contributed by atoms with Crippen LogP contribution >= 0.6 is 0 Å². The van der Waals surface area contributed by atoms with E-state index in [4.69, 9.17) is 9.47 Å². The predicted molar refractivity (Wildman–Crippen MR) is 133 cm³/mol. The van der Waals surface area contributed by atoms with E-state index in [9.17, 15) is 18.0 Å². The Hall–Kier alpha value is -3.27. The molecule has 0 unspecified atom stereocenters. The summed E-state index contributed by atoms with van der Waals surface area (Å²) >= 11 is 0. The third-order valence-electron chi connectivity index (χ3n) is 5.76. The number of carbonyl (C=O) groups excluding carboxylic acids is 2. The number of benzene rings is 3. The highest BCUT2D eigenvalue weighted by molar-refractivity contribution is 7.89. The quantitative estimate of drug-likeness (QED) is 0.521. The fraction of sp³-hybridized carbons (Fsp3) is 0.308. The molecule has 3 atom stereocenters. The summed E-state index contributed by atoms with van der Waals surface area (Å²) in [6, 6.07) is 18.9. The van der Waals surface area contributed by atoms with Crippen LogP contribution in [0.2, 0.25) is 0 Å². The molecule has 1 amide bonds. The average molecular weight is 497 g/mol. The molecule has 1 heterocycles. The molecular formula is C26H28N2O6S. The predicted octanol–water partition coefficient (Wildman–Crippen LogP) is 3.82. The zero-order valence-electron chi connectivity index (χ0n) is 19.8. The van der Waals surface area contributed by atoms with Gasteiger partial charge in [-0.25, -0.2) is 13.2 Å². The second kappa shape index (κ2) is 10.2. The van der Waals surface area contributed by atoms with Crippen LogP contribution in [-0.4, -0.2) is 56.0 Å². The largest absolute Gasteiger partial charge is 0.449 e. The number of ether oxygens (including phenoxy) is 2. The number of carbonyl (C=O) groups is 2. The Balaban J connectivity index is 1.43. The Morgan fingerprint density at radius 2 is 1.66 bits per heavy atom. The minimum atomic E-state index is -3.82. The fourth-order valence-corrected chi connectivity index (χ4v) is 5.69. The van der Waals surface area contributed by atoms with Crippen LogP contribution in [0.3, 0.4) is 0 Å². The molecule has 0 spiro atoms. The van der Waals surface area contributed by atoms with E-state index in [0.29, 0.717) is 5.69 Å². The fourth-order valence-electron chi connectivity index (χ4n) is 4.05. The van der Waals surface area contributed by atoms with Gasteiger partial charge < -0.3 is 14.8 Å². The molecule has 8 nitrogen and oxygen atoms in total. The molecule has 35 heavy (non-hydrogen) atoms. The van der Waals surface area contributed by atoms with Crippen molar-refractivity contribution in [1.82, 2.24) is 4.31 Å². The minimum Gasteiger partial charge on any atom is -0.449 e. The van der Waals surface area contributed by atoms with Crippen LogP contribution in [-0.2, 0) is 24.3 Å². The van der Waals surface area contributed by atoms with Gasteiger partial charge in [0, 0.05) is 18.8 Å². The van der Waals surface area contributed by atoms with Gasteiger partial charge in [-0.2, -0.15) is 4.31 Å². The third kappa shape index (κ3) is 5.70. The van der Waals surface area contributed by atoms with Gasteiger partial charge in [0.1, 0.15) is 0 Å². The Bertz CT molecular complexity index is 1350. The first kappa shape index (κ1) is 24.8. The Morgan fingerprint density at radius 1 is 0.971 bits per heavy atom. The highest BCUT2D eigenvalue weighted by Crippen LogP contribution is 2.23. The van der Waals surface area contributed by atoms with Crippen molar-refractivity contribution >= 4 is 38.4 Å². The summed E-state index contributed by atoms with van der Waals surface area (Å²) in [5, 5.41) is 4.76. The second-order valence-electron chi connectivity index (χ2n) is 8.71. The van der Waals surface area contributed by atoms with Crippen LogP contribution in [0.15, 0.2) is 71.6 Å². The summed E-state index contributed by atoms with van der Waals surface area (Å²) in [5.41, 5.74) is 0.629. The summed E-state index contributed by atoms with van der Waals surface area (Å²) in [7, 11) is -3.82. The van der Waals surface area contributed by atoms with Gasteiger partial charge in [0.2, 0.25) is 10.0 Å². The van der Waals surface area contributed by atoms with Crippen molar-refractivity contribution in [2.75, 3.05) is 18.4 Å². The maximum Gasteiger partial charge on any atom is 0.338 e. The number of sulfonamides is 1. The standard InChI is InChI=1S/C26H28N2O6S/c1-17-15-28(16-18(2)33-17)35(31,32)24-10-6-9-22(14-24)26(30)34-19(3)25(29)27-23-12-11-20-7-4-5-8-21(20)13-23/h4-14,17-19H,15-16H2,1-3H3,(H,27,29)/t17-,18-,19+/m1/s1. The van der Waals surface area contributed by atoms with Crippen molar-refractivity contribution < 1.29 is 27.5 Å². The van der Waals surface area contributed by atoms with E-state index in [-0.39, 0.29) is 35.8 Å². The lowest BCUT2D eigenvalue weighted by Crippen LogP contribution is -2.48. The zero-order chi connectivity index (χ0) is 25.2. The summed E-state index contributed by atoms with van der Waals surface area (Å²) in [6.45, 7) is 5.55. The van der Waals surface area contributed by atoms with E-state index in [1.54, 1.807) is 6.07 Å². The molecule has 4 rings (SSSR count). The zero-order valence-corrected chi connectivity index (χ0v) is 20.6. The van der Waals surface area contributed by atoms with Gasteiger partial charge in [-0.3, -0.25) is 4.79 Å². The van der Waals surface area contributed by atoms with Gasteiger partial charge in [0.15, 0.2) is 6.10 Å². The molecule has 1 saturated heterocycles. The van der Waals surface area contributed by atoms with E-state index >= 15 is 0 Å². The van der Waals surface area contributed by atoms with Gasteiger partial charge in [0.05, 0.1) is 22.7 Å². The minimum absolute atomic E-state index is 0.0125. The maximum absolute atomic E-state index is 13.1. The third-order valence-corrected chi connectivity index (χ3v) is 7.59. The van der Waals surface area contributed by atoms with Gasteiger partial charge in [-0.15, -0.1) is 0 Å². The van der Waals surface area contributed by atoms with Crippen molar-refractivity contribution in [2.24, 2.45) is 0 Å². The highest BCUT2D eigenvalue weighted by Gasteiger charge is 2.32. The summed E-state index contributed by atoms with van der Waals surface area (Å²) in [4.78, 5) is 25.3. The van der Waals surface area contributed by atoms with Gasteiger partial charge >= 0.3 is 5.97 Å². The molecule has 0 bridgehead atoms. The van der Waals surface area contributed by atoms with E-state index in [1.165, 1.54) is 35.5 Å². The number of esters is 1. The van der Waals surface area contributed by atoms with Crippen molar-refractivity contribution in [3.8, 4) is 0 Å². The molecule has 9 heteroatoms. The Labute approximate surface area is 204 Å². The molecule has 0 aromatic heterocycles. The molecule has 1 aliphatic heterocycles. The molecule has 1 aliphatic rings. The lowest BCUT2D eigenvalue weighted by molar-refractivity contribution is -0.123. The topological polar surface area (TPSA) is 102 Å². The van der Waals surface area contributed by atoms with Gasteiger partial charge in [0.25, 0.3) is 5.91 Å². The van der Waals surface area contributed by atoms with E-state index in [1.807, 2.05) is 50.2 Å². The molecule has 184 valence electrons. The SMILES string of the molecule is C[C@@H]1CN(S(=O)(=O)c2cccc(C(=O)O[C@@H](C)C(=O)Nc3ccc4ccccc4c3)c2)C[C@@H](C)O1. The van der Waals surface area contributed by atoms with Crippen molar-refractivity contribution in [3.63, 3.8) is 0 Å². The smallest absolute Gasteiger partial charge is 0.338 e. The number of amides is 1. The van der Waals surface area contributed by atoms with Gasteiger partial charge in [-0.1, -0.05) is 36.4 Å². The molecular weight excluding hydrogens is 468 g/mol. The lowest BCUT2D eigenvalue weighted by atomic mass is 10.1. The van der Waals surface area contributed by atoms with E-state index < -0.39 is 28.0 Å². The summed E-state index contributed by atoms with van der Waals surface area (Å²) < 4.78 is 38.6. The van der Waals surface area contributed by atoms with Crippen LogP contribution in [0.1, 0.15) is 31.1 Å². The first-order chi connectivity index (χ1) is 16.6. The van der Waals surface area contributed by atoms with Gasteiger partial charge in [-0.05, 0) is 61.9 Å². The van der Waals surface area contributed by atoms with Crippen LogP contribution in [0, 0.1) is 0 Å². The Morgan fingerprint density at radius 3 is 2.37 bits per heavy atom. The number of hydrogen-bond acceptors (Lipinski definition) is 6. The van der Waals surface area contributed by atoms with Crippen LogP contribution in [0.4, 0.5) is 5.69 Å². The van der Waals surface area contributed by atoms with Crippen molar-refractivity contribution in [2.45, 2.75) is 44.0 Å². The second-order valence-corrected chi connectivity index (χ2v) is 10.6. The first-order valence-corrected chi connectivity index (χ1v) is 12.8. The molecule has 3 aromatic rings. The first-order valence-electron chi connectivity index (χ1n) is 11.4. The molecule has 0 saturated carbocycles. The number of anilines is 1. The van der Waals surface area contributed by atoms with Crippen molar-refractivity contribution in [3.05, 3.63) is 72.3 Å². The molecule has 0 aliphatic carbocycles.